The lowest BCUT2D eigenvalue weighted by atomic mass is 9.75. The number of nitrogens with zero attached hydrogens (tertiary/aromatic N) is 3. The average molecular weight is 461 g/mol. The Morgan fingerprint density at radius 3 is 2.38 bits per heavy atom. The van der Waals surface area contributed by atoms with Gasteiger partial charge in [0, 0.05) is 19.4 Å². The normalized spacial score (nSPS) is 27.6. The molecule has 2 unspecified atom stereocenters. The first-order chi connectivity index (χ1) is 16.0. The first-order valence-electron chi connectivity index (χ1n) is 11.8. The predicted octanol–water partition coefficient (Wildman–Crippen LogP) is 4.70. The molecular weight excluding hydrogens is 428 g/mol. The van der Waals surface area contributed by atoms with E-state index in [9.17, 15) is 5.26 Å². The van der Waals surface area contributed by atoms with Gasteiger partial charge in [0.25, 0.3) is 0 Å². The van der Waals surface area contributed by atoms with Crippen LogP contribution in [0.3, 0.4) is 0 Å². The Labute approximate surface area is 201 Å². The third-order valence-electron chi connectivity index (χ3n) is 6.97. The SMILES string of the molecule is CN1OC2(CC(C3CC(C)(C)OC(C)(C)C3)Oc3ccc(-c4cccc(C#N)c4)cc32)N=C1N. The van der Waals surface area contributed by atoms with Gasteiger partial charge in [0.2, 0.25) is 11.7 Å². The maximum atomic E-state index is 9.32. The lowest BCUT2D eigenvalue weighted by Gasteiger charge is -2.49. The van der Waals surface area contributed by atoms with E-state index in [1.54, 1.807) is 13.1 Å². The second-order valence-electron chi connectivity index (χ2n) is 10.9. The van der Waals surface area contributed by atoms with Crippen LogP contribution in [-0.4, -0.2) is 35.4 Å². The fourth-order valence-corrected chi connectivity index (χ4v) is 5.91. The van der Waals surface area contributed by atoms with E-state index in [1.807, 2.05) is 30.3 Å². The lowest BCUT2D eigenvalue weighted by Crippen LogP contribution is -2.51. The largest absolute Gasteiger partial charge is 0.489 e. The Hall–Kier alpha value is -3.08. The monoisotopic (exact) mass is 460 g/mol. The van der Waals surface area contributed by atoms with Gasteiger partial charge in [-0.05, 0) is 75.9 Å². The Bertz CT molecular complexity index is 1180. The van der Waals surface area contributed by atoms with Gasteiger partial charge in [-0.1, -0.05) is 18.2 Å². The van der Waals surface area contributed by atoms with Crippen LogP contribution in [0.2, 0.25) is 0 Å². The van der Waals surface area contributed by atoms with E-state index in [1.165, 1.54) is 5.06 Å². The summed E-state index contributed by atoms with van der Waals surface area (Å²) >= 11 is 0. The molecule has 0 aliphatic carbocycles. The van der Waals surface area contributed by atoms with Crippen molar-refractivity contribution in [2.75, 3.05) is 7.05 Å². The molecule has 3 aliphatic rings. The molecule has 7 nitrogen and oxygen atoms in total. The molecule has 0 amide bonds. The number of guanidine groups is 1. The third-order valence-corrected chi connectivity index (χ3v) is 6.97. The van der Waals surface area contributed by atoms with Crippen molar-refractivity contribution < 1.29 is 14.3 Å². The molecule has 3 heterocycles. The molecule has 7 heteroatoms. The van der Waals surface area contributed by atoms with Crippen molar-refractivity contribution in [3.05, 3.63) is 53.6 Å². The van der Waals surface area contributed by atoms with Crippen molar-refractivity contribution >= 4 is 5.96 Å². The Morgan fingerprint density at radius 2 is 1.74 bits per heavy atom. The zero-order valence-electron chi connectivity index (χ0n) is 20.5. The minimum atomic E-state index is -0.952. The van der Waals surface area contributed by atoms with E-state index in [4.69, 9.17) is 25.0 Å². The van der Waals surface area contributed by atoms with Gasteiger partial charge in [-0.3, -0.25) is 0 Å². The van der Waals surface area contributed by atoms with Gasteiger partial charge in [-0.15, -0.1) is 0 Å². The van der Waals surface area contributed by atoms with Crippen molar-refractivity contribution in [1.29, 1.82) is 5.26 Å². The number of ether oxygens (including phenoxy) is 2. The molecule has 2 aromatic carbocycles. The fourth-order valence-electron chi connectivity index (χ4n) is 5.91. The maximum Gasteiger partial charge on any atom is 0.221 e. The van der Waals surface area contributed by atoms with E-state index in [0.29, 0.717) is 17.9 Å². The summed E-state index contributed by atoms with van der Waals surface area (Å²) < 4.78 is 13.0. The van der Waals surface area contributed by atoms with E-state index < -0.39 is 5.72 Å². The number of aliphatic imine (C=N–C) groups is 1. The quantitative estimate of drug-likeness (QED) is 0.698. The molecule has 3 aliphatic heterocycles. The molecule has 5 rings (SSSR count). The lowest BCUT2D eigenvalue weighted by molar-refractivity contribution is -0.212. The fraction of sp³-hybridized carbons (Fsp3) is 0.481. The van der Waals surface area contributed by atoms with Gasteiger partial charge in [-0.2, -0.15) is 5.26 Å². The van der Waals surface area contributed by atoms with Crippen LogP contribution in [0.15, 0.2) is 47.5 Å². The van der Waals surface area contributed by atoms with Crippen LogP contribution in [0.1, 0.15) is 58.1 Å². The second-order valence-corrected chi connectivity index (χ2v) is 10.9. The highest BCUT2D eigenvalue weighted by Gasteiger charge is 2.52. The summed E-state index contributed by atoms with van der Waals surface area (Å²) in [5.74, 6) is 1.38. The molecule has 0 aromatic heterocycles. The Morgan fingerprint density at radius 1 is 1.03 bits per heavy atom. The van der Waals surface area contributed by atoms with E-state index in [2.05, 4.69) is 39.8 Å². The number of nitrogens with two attached hydrogens (primary N) is 1. The summed E-state index contributed by atoms with van der Waals surface area (Å²) in [5, 5.41) is 10.9. The number of hydrogen-bond donors (Lipinski definition) is 1. The van der Waals surface area contributed by atoms with Crippen LogP contribution in [0.4, 0.5) is 0 Å². The Kier molecular flexibility index (Phi) is 5.16. The molecule has 2 N–H and O–H groups in total. The number of nitriles is 1. The molecule has 2 aromatic rings. The zero-order chi connectivity index (χ0) is 24.3. The molecule has 1 saturated heterocycles. The highest BCUT2D eigenvalue weighted by molar-refractivity contribution is 5.79. The van der Waals surface area contributed by atoms with Crippen molar-refractivity contribution in [3.8, 4) is 22.9 Å². The van der Waals surface area contributed by atoms with Crippen molar-refractivity contribution in [2.24, 2.45) is 16.6 Å². The van der Waals surface area contributed by atoms with Crippen LogP contribution < -0.4 is 10.5 Å². The summed E-state index contributed by atoms with van der Waals surface area (Å²) in [6.45, 7) is 8.58. The molecule has 1 spiro atoms. The predicted molar refractivity (Wildman–Crippen MR) is 130 cm³/mol. The van der Waals surface area contributed by atoms with Gasteiger partial charge < -0.3 is 15.2 Å². The summed E-state index contributed by atoms with van der Waals surface area (Å²) in [6.07, 6.45) is 2.25. The molecule has 0 saturated carbocycles. The number of fused-ring (bicyclic) bond motifs is 2. The zero-order valence-corrected chi connectivity index (χ0v) is 20.5. The van der Waals surface area contributed by atoms with Gasteiger partial charge in [0.05, 0.1) is 28.4 Å². The summed E-state index contributed by atoms with van der Waals surface area (Å²) in [4.78, 5) is 11.2. The number of rotatable bonds is 2. The summed E-state index contributed by atoms with van der Waals surface area (Å²) in [5.41, 5.74) is 8.15. The maximum absolute atomic E-state index is 9.32. The van der Waals surface area contributed by atoms with Gasteiger partial charge in [0.1, 0.15) is 11.9 Å². The average Bonchev–Trinajstić information content (AvgIpc) is 3.04. The highest BCUT2D eigenvalue weighted by atomic mass is 16.7. The van der Waals surface area contributed by atoms with E-state index in [0.717, 1.165) is 35.3 Å². The highest BCUT2D eigenvalue weighted by Crippen LogP contribution is 2.51. The van der Waals surface area contributed by atoms with Crippen molar-refractivity contribution in [3.63, 3.8) is 0 Å². The molecule has 2 atom stereocenters. The number of hydrogen-bond acceptors (Lipinski definition) is 7. The van der Waals surface area contributed by atoms with Crippen LogP contribution >= 0.6 is 0 Å². The topological polar surface area (TPSA) is 93.1 Å². The number of benzene rings is 2. The minimum absolute atomic E-state index is 0.0919. The van der Waals surface area contributed by atoms with Crippen LogP contribution in [0.25, 0.3) is 11.1 Å². The van der Waals surface area contributed by atoms with Crippen molar-refractivity contribution in [2.45, 2.75) is 70.0 Å². The molecule has 178 valence electrons. The first kappa shape index (κ1) is 22.7. The molecule has 0 bridgehead atoms. The van der Waals surface area contributed by atoms with E-state index in [-0.39, 0.29) is 23.2 Å². The molecule has 34 heavy (non-hydrogen) atoms. The summed E-state index contributed by atoms with van der Waals surface area (Å²) in [6, 6.07) is 15.8. The standard InChI is InChI=1S/C27H32N4O3/c1-25(2)13-20(14-26(3,4)33-25)23-15-27(30-24(29)31(5)34-27)21-12-19(9-10-22(21)32-23)18-8-6-7-17(11-18)16-28/h6-12,20,23H,13-15H2,1-5H3,(H2,29,30). The summed E-state index contributed by atoms with van der Waals surface area (Å²) in [7, 11) is 1.78. The van der Waals surface area contributed by atoms with Gasteiger partial charge in [0.15, 0.2) is 0 Å². The molecule has 0 radical (unpaired) electrons. The smallest absolute Gasteiger partial charge is 0.221 e. The molecule has 1 fully saturated rings. The number of hydroxylamine groups is 2. The molecular formula is C27H32N4O3. The second kappa shape index (κ2) is 7.72. The third kappa shape index (κ3) is 4.02. The van der Waals surface area contributed by atoms with E-state index >= 15 is 0 Å². The van der Waals surface area contributed by atoms with Crippen molar-refractivity contribution in [1.82, 2.24) is 5.06 Å². The van der Waals surface area contributed by atoms with Crippen LogP contribution in [0, 0.1) is 17.2 Å². The van der Waals surface area contributed by atoms with Gasteiger partial charge >= 0.3 is 0 Å². The van der Waals surface area contributed by atoms with Crippen LogP contribution in [0.5, 0.6) is 5.75 Å². The first-order valence-corrected chi connectivity index (χ1v) is 11.8. The Balaban J connectivity index is 1.56. The van der Waals surface area contributed by atoms with Crippen LogP contribution in [-0.2, 0) is 15.3 Å². The minimum Gasteiger partial charge on any atom is -0.489 e. The van der Waals surface area contributed by atoms with Gasteiger partial charge in [-0.25, -0.2) is 14.9 Å².